The van der Waals surface area contributed by atoms with Crippen LogP contribution in [0.1, 0.15) is 26.2 Å². The van der Waals surface area contributed by atoms with E-state index in [0.717, 1.165) is 12.8 Å². The van der Waals surface area contributed by atoms with E-state index in [1.165, 1.54) is 4.90 Å². The molecule has 3 rings (SSSR count). The van der Waals surface area contributed by atoms with E-state index in [1.807, 2.05) is 0 Å². The Morgan fingerprint density at radius 1 is 1.50 bits per heavy atom. The van der Waals surface area contributed by atoms with Crippen LogP contribution in [0.2, 0.25) is 0 Å². The highest BCUT2D eigenvalue weighted by atomic mass is 32.2. The standard InChI is InChI=1S/C14H19NO6S/c1-6(16)9-11-7-4-3-5-8(22(2)20)10(7)13(21-14(18)19)15(11)12(9)17/h6-9,11,16H,3-5H2,1-2H3,(H,18,19)/t6?,7-,8-,9+,11+,22?/m0/s1. The first kappa shape index (κ1) is 15.6. The van der Waals surface area contributed by atoms with Crippen LogP contribution in [-0.2, 0) is 20.7 Å². The summed E-state index contributed by atoms with van der Waals surface area (Å²) in [5.41, 5.74) is 0.677. The Labute approximate surface area is 131 Å². The highest BCUT2D eigenvalue weighted by Crippen LogP contribution is 2.53. The number of β-lactam (4-membered cyclic amide) rings is 1. The van der Waals surface area contributed by atoms with Gasteiger partial charge in [0.15, 0.2) is 0 Å². The van der Waals surface area contributed by atoms with Gasteiger partial charge >= 0.3 is 6.16 Å². The van der Waals surface area contributed by atoms with Gasteiger partial charge in [0.25, 0.3) is 0 Å². The third-order valence-corrected chi connectivity index (χ3v) is 6.19. The number of hydrogen-bond donors (Lipinski definition) is 2. The predicted molar refractivity (Wildman–Crippen MR) is 77.1 cm³/mol. The lowest BCUT2D eigenvalue weighted by atomic mass is 9.72. The minimum atomic E-state index is -1.48. The number of rotatable bonds is 3. The van der Waals surface area contributed by atoms with Gasteiger partial charge < -0.3 is 19.5 Å². The number of carbonyl (C=O) groups is 2. The molecule has 2 N–H and O–H groups in total. The maximum atomic E-state index is 12.3. The molecule has 2 unspecified atom stereocenters. The predicted octanol–water partition coefficient (Wildman–Crippen LogP) is 0.661. The number of hydrogen-bond acceptors (Lipinski definition) is 5. The van der Waals surface area contributed by atoms with E-state index in [4.69, 9.17) is 9.84 Å². The van der Waals surface area contributed by atoms with Crippen molar-refractivity contribution >= 4 is 23.2 Å². The van der Waals surface area contributed by atoms with E-state index in [0.29, 0.717) is 12.0 Å². The molecular formula is C14H19NO6S. The summed E-state index contributed by atoms with van der Waals surface area (Å²) in [6.45, 7) is 1.56. The molecule has 2 heterocycles. The summed E-state index contributed by atoms with van der Waals surface area (Å²) in [7, 11) is 0. The van der Waals surface area contributed by atoms with Crippen LogP contribution in [0.3, 0.4) is 0 Å². The van der Waals surface area contributed by atoms with Crippen molar-refractivity contribution in [3.63, 3.8) is 0 Å². The number of ether oxygens (including phenoxy) is 1. The summed E-state index contributed by atoms with van der Waals surface area (Å²) in [4.78, 5) is 24.6. The molecule has 1 amide bonds. The molecule has 6 atom stereocenters. The van der Waals surface area contributed by atoms with E-state index in [2.05, 4.69) is 0 Å². The molecule has 2 fully saturated rings. The van der Waals surface area contributed by atoms with Gasteiger partial charge in [-0.3, -0.25) is 9.69 Å². The molecule has 0 bridgehead atoms. The molecule has 0 radical (unpaired) electrons. The summed E-state index contributed by atoms with van der Waals surface area (Å²) >= 11 is -1.16. The van der Waals surface area contributed by atoms with Crippen LogP contribution in [0.15, 0.2) is 11.5 Å². The van der Waals surface area contributed by atoms with Gasteiger partial charge in [0, 0.05) is 11.5 Å². The third kappa shape index (κ3) is 2.12. The summed E-state index contributed by atoms with van der Waals surface area (Å²) in [5.74, 6) is -0.906. The average Bonchev–Trinajstić information content (AvgIpc) is 2.67. The maximum Gasteiger partial charge on any atom is 0.512 e. The van der Waals surface area contributed by atoms with Crippen LogP contribution in [0, 0.1) is 11.8 Å². The molecular weight excluding hydrogens is 310 g/mol. The molecule has 1 saturated carbocycles. The van der Waals surface area contributed by atoms with Crippen molar-refractivity contribution in [2.45, 2.75) is 43.6 Å². The average molecular weight is 329 g/mol. The summed E-state index contributed by atoms with van der Waals surface area (Å²) in [6.07, 6.45) is 1.64. The Morgan fingerprint density at radius 2 is 2.18 bits per heavy atom. The number of nitrogens with zero attached hydrogens (tertiary/aromatic N) is 1. The van der Waals surface area contributed by atoms with Crippen molar-refractivity contribution in [2.24, 2.45) is 11.8 Å². The van der Waals surface area contributed by atoms with Crippen LogP contribution in [0.25, 0.3) is 0 Å². The first-order chi connectivity index (χ1) is 10.3. The Morgan fingerprint density at radius 3 is 2.73 bits per heavy atom. The topological polar surface area (TPSA) is 110 Å². The second-order valence-corrected chi connectivity index (χ2v) is 7.68. The molecule has 0 aromatic carbocycles. The summed E-state index contributed by atoms with van der Waals surface area (Å²) in [6, 6.07) is -0.275. The molecule has 3 aliphatic rings. The first-order valence-electron chi connectivity index (χ1n) is 7.32. The number of carboxylic acid groups (broad SMARTS) is 1. The molecule has 0 aromatic heterocycles. The Kier molecular flexibility index (Phi) is 3.86. The zero-order chi connectivity index (χ0) is 16.2. The molecule has 22 heavy (non-hydrogen) atoms. The lowest BCUT2D eigenvalue weighted by Crippen LogP contribution is -2.63. The molecule has 122 valence electrons. The van der Waals surface area contributed by atoms with Gasteiger partial charge in [0.2, 0.25) is 11.8 Å². The van der Waals surface area contributed by atoms with Crippen molar-refractivity contribution in [1.82, 2.24) is 4.90 Å². The fourth-order valence-electron chi connectivity index (χ4n) is 4.09. The fourth-order valence-corrected chi connectivity index (χ4v) is 5.22. The Hall–Kier alpha value is -1.25. The van der Waals surface area contributed by atoms with Gasteiger partial charge in [-0.2, -0.15) is 0 Å². The Balaban J connectivity index is 2.02. The van der Waals surface area contributed by atoms with E-state index in [-0.39, 0.29) is 29.0 Å². The fraction of sp³-hybridized carbons (Fsp3) is 0.714. The molecule has 8 heteroatoms. The van der Waals surface area contributed by atoms with Gasteiger partial charge in [0.05, 0.1) is 24.3 Å². The van der Waals surface area contributed by atoms with Crippen molar-refractivity contribution in [3.05, 3.63) is 11.5 Å². The van der Waals surface area contributed by atoms with E-state index in [1.54, 1.807) is 13.2 Å². The molecule has 1 saturated heterocycles. The van der Waals surface area contributed by atoms with Crippen molar-refractivity contribution < 1.29 is 29.1 Å². The number of carbonyl (C=O) groups excluding carboxylic acids is 1. The van der Waals surface area contributed by atoms with Gasteiger partial charge in [-0.05, 0) is 37.4 Å². The lowest BCUT2D eigenvalue weighted by Gasteiger charge is -2.47. The minimum absolute atomic E-state index is 0.0318. The van der Waals surface area contributed by atoms with E-state index in [9.17, 15) is 19.2 Å². The lowest BCUT2D eigenvalue weighted by molar-refractivity contribution is -0.163. The van der Waals surface area contributed by atoms with Gasteiger partial charge in [0.1, 0.15) is 5.25 Å². The monoisotopic (exact) mass is 329 g/mol. The number of fused-ring (bicyclic) bond motifs is 3. The molecule has 0 spiro atoms. The highest BCUT2D eigenvalue weighted by molar-refractivity contribution is 7.91. The van der Waals surface area contributed by atoms with Gasteiger partial charge in [-0.1, -0.05) is 0 Å². The van der Waals surface area contributed by atoms with Gasteiger partial charge in [-0.15, -0.1) is 0 Å². The maximum absolute atomic E-state index is 12.3. The number of aliphatic hydroxyl groups excluding tert-OH is 1. The van der Waals surface area contributed by atoms with Crippen LogP contribution < -0.4 is 0 Å². The third-order valence-electron chi connectivity index (χ3n) is 4.90. The zero-order valence-electron chi connectivity index (χ0n) is 12.4. The van der Waals surface area contributed by atoms with Crippen LogP contribution in [0.5, 0.6) is 0 Å². The minimum Gasteiger partial charge on any atom is -0.616 e. The zero-order valence-corrected chi connectivity index (χ0v) is 13.2. The van der Waals surface area contributed by atoms with E-state index >= 15 is 0 Å². The van der Waals surface area contributed by atoms with Crippen molar-refractivity contribution in [1.29, 1.82) is 0 Å². The molecule has 7 nitrogen and oxygen atoms in total. The van der Waals surface area contributed by atoms with Crippen LogP contribution in [-0.4, -0.2) is 55.4 Å². The molecule has 2 aliphatic heterocycles. The van der Waals surface area contributed by atoms with Crippen LogP contribution in [0.4, 0.5) is 4.79 Å². The van der Waals surface area contributed by atoms with E-state index < -0.39 is 29.4 Å². The summed E-state index contributed by atoms with van der Waals surface area (Å²) < 4.78 is 16.9. The smallest absolute Gasteiger partial charge is 0.512 e. The molecule has 1 aliphatic carbocycles. The number of amides is 1. The quantitative estimate of drug-likeness (QED) is 0.447. The normalized spacial score (nSPS) is 36.4. The largest absolute Gasteiger partial charge is 0.616 e. The Bertz CT molecular complexity index is 545. The molecule has 0 aromatic rings. The highest BCUT2D eigenvalue weighted by Gasteiger charge is 2.63. The SMILES string of the molecule is CC(O)[C@H]1C(=O)N2C(OC(=O)O)=C3[C@H](CCC[C@@H]3[S+](C)[O-])[C@H]12. The second-order valence-electron chi connectivity index (χ2n) is 6.12. The summed E-state index contributed by atoms with van der Waals surface area (Å²) in [5, 5.41) is 18.5. The second kappa shape index (κ2) is 5.43. The van der Waals surface area contributed by atoms with Crippen molar-refractivity contribution in [2.75, 3.05) is 6.26 Å². The first-order valence-corrected chi connectivity index (χ1v) is 8.95. The van der Waals surface area contributed by atoms with Crippen LogP contribution >= 0.6 is 0 Å². The van der Waals surface area contributed by atoms with Crippen molar-refractivity contribution in [3.8, 4) is 0 Å². The van der Waals surface area contributed by atoms with Gasteiger partial charge in [-0.25, -0.2) is 4.79 Å². The number of aliphatic hydroxyl groups is 1.